The molecule has 110 valence electrons. The maximum Gasteiger partial charge on any atom is 0.161 e. The first-order valence-corrected chi connectivity index (χ1v) is 7.66. The highest BCUT2D eigenvalue weighted by molar-refractivity contribution is 5.43. The molecule has 1 aromatic carbocycles. The van der Waals surface area contributed by atoms with Gasteiger partial charge in [-0.2, -0.15) is 0 Å². The number of benzene rings is 1. The van der Waals surface area contributed by atoms with Crippen LogP contribution in [0.4, 0.5) is 0 Å². The van der Waals surface area contributed by atoms with Crippen LogP contribution in [0.5, 0.6) is 11.5 Å². The Morgan fingerprint density at radius 2 is 2.10 bits per heavy atom. The van der Waals surface area contributed by atoms with Crippen molar-refractivity contribution >= 4 is 0 Å². The molecule has 3 heteroatoms. The molecular weight excluding hydrogens is 252 g/mol. The molecule has 2 aliphatic carbocycles. The van der Waals surface area contributed by atoms with Gasteiger partial charge in [-0.05, 0) is 61.6 Å². The molecule has 2 saturated carbocycles. The zero-order valence-electron chi connectivity index (χ0n) is 12.3. The molecular formula is C17H24O3. The lowest BCUT2D eigenvalue weighted by molar-refractivity contribution is 0.187. The third kappa shape index (κ3) is 2.64. The average molecular weight is 276 g/mol. The van der Waals surface area contributed by atoms with Gasteiger partial charge in [-0.1, -0.05) is 12.5 Å². The second kappa shape index (κ2) is 5.65. The van der Waals surface area contributed by atoms with Crippen molar-refractivity contribution in [1.29, 1.82) is 0 Å². The van der Waals surface area contributed by atoms with Crippen LogP contribution < -0.4 is 9.47 Å². The van der Waals surface area contributed by atoms with Gasteiger partial charge in [0.2, 0.25) is 0 Å². The molecule has 0 spiro atoms. The van der Waals surface area contributed by atoms with Crippen molar-refractivity contribution in [1.82, 2.24) is 0 Å². The van der Waals surface area contributed by atoms with E-state index in [0.29, 0.717) is 5.75 Å². The van der Waals surface area contributed by atoms with E-state index < -0.39 is 6.10 Å². The number of hydrogen-bond donors (Lipinski definition) is 1. The molecule has 3 unspecified atom stereocenters. The third-order valence-corrected chi connectivity index (χ3v) is 5.01. The highest BCUT2D eigenvalue weighted by Crippen LogP contribution is 2.48. The fraction of sp³-hybridized carbons (Fsp3) is 0.647. The second-order valence-corrected chi connectivity index (χ2v) is 6.33. The molecule has 0 saturated heterocycles. The minimum Gasteiger partial charge on any atom is -0.493 e. The van der Waals surface area contributed by atoms with Crippen LogP contribution in [0, 0.1) is 17.8 Å². The van der Waals surface area contributed by atoms with E-state index in [0.717, 1.165) is 35.7 Å². The topological polar surface area (TPSA) is 38.7 Å². The predicted octanol–water partition coefficient (Wildman–Crippen LogP) is 3.56. The molecule has 0 aliphatic heterocycles. The first-order chi connectivity index (χ1) is 9.67. The number of rotatable bonds is 5. The summed E-state index contributed by atoms with van der Waals surface area (Å²) >= 11 is 0. The van der Waals surface area contributed by atoms with Crippen molar-refractivity contribution in [2.24, 2.45) is 17.8 Å². The van der Waals surface area contributed by atoms with Gasteiger partial charge in [0.25, 0.3) is 0 Å². The van der Waals surface area contributed by atoms with Gasteiger partial charge < -0.3 is 14.6 Å². The number of fused-ring (bicyclic) bond motifs is 2. The molecule has 3 nitrogen and oxygen atoms in total. The number of methoxy groups -OCH3 is 1. The maximum absolute atomic E-state index is 9.61. The average Bonchev–Trinajstić information content (AvgIpc) is 3.07. The van der Waals surface area contributed by atoms with Crippen LogP contribution in [0.2, 0.25) is 0 Å². The summed E-state index contributed by atoms with van der Waals surface area (Å²) in [5, 5.41) is 9.61. The molecule has 0 amide bonds. The Balaban J connectivity index is 1.65. The van der Waals surface area contributed by atoms with Gasteiger partial charge >= 0.3 is 0 Å². The normalized spacial score (nSPS) is 29.4. The number of aliphatic hydroxyl groups is 1. The Kier molecular flexibility index (Phi) is 3.88. The van der Waals surface area contributed by atoms with E-state index in [1.807, 2.05) is 18.2 Å². The summed E-state index contributed by atoms with van der Waals surface area (Å²) < 4.78 is 11.4. The van der Waals surface area contributed by atoms with E-state index in [9.17, 15) is 5.11 Å². The Morgan fingerprint density at radius 3 is 2.70 bits per heavy atom. The van der Waals surface area contributed by atoms with Crippen molar-refractivity contribution in [3.8, 4) is 11.5 Å². The fourth-order valence-electron chi connectivity index (χ4n) is 3.84. The van der Waals surface area contributed by atoms with Crippen molar-refractivity contribution in [3.63, 3.8) is 0 Å². The summed E-state index contributed by atoms with van der Waals surface area (Å²) in [5.41, 5.74) is 0.856. The molecule has 1 aromatic rings. The van der Waals surface area contributed by atoms with Gasteiger partial charge in [0.05, 0.1) is 19.8 Å². The van der Waals surface area contributed by atoms with Crippen LogP contribution >= 0.6 is 0 Å². The molecule has 0 heterocycles. The first kappa shape index (κ1) is 13.7. The van der Waals surface area contributed by atoms with Crippen LogP contribution in [0.3, 0.4) is 0 Å². The SMILES string of the molecule is COc1cc([C@H](C)O)ccc1OCC1CC2CCC1C2. The van der Waals surface area contributed by atoms with Crippen LogP contribution in [0.25, 0.3) is 0 Å². The highest BCUT2D eigenvalue weighted by Gasteiger charge is 2.39. The lowest BCUT2D eigenvalue weighted by Crippen LogP contribution is -2.18. The maximum atomic E-state index is 9.61. The molecule has 0 radical (unpaired) electrons. The summed E-state index contributed by atoms with van der Waals surface area (Å²) in [5.74, 6) is 4.05. The molecule has 20 heavy (non-hydrogen) atoms. The van der Waals surface area contributed by atoms with Crippen LogP contribution in [0.1, 0.15) is 44.3 Å². The summed E-state index contributed by atoms with van der Waals surface area (Å²) in [7, 11) is 1.64. The Morgan fingerprint density at radius 1 is 1.25 bits per heavy atom. The smallest absolute Gasteiger partial charge is 0.161 e. The van der Waals surface area contributed by atoms with Gasteiger partial charge in [0.15, 0.2) is 11.5 Å². The van der Waals surface area contributed by atoms with Crippen molar-refractivity contribution < 1.29 is 14.6 Å². The molecule has 2 aliphatic rings. The standard InChI is InChI=1S/C17H24O3/c1-11(18)13-5-6-16(17(9-13)19-2)20-10-15-8-12-3-4-14(15)7-12/h5-6,9,11-12,14-15,18H,3-4,7-8,10H2,1-2H3/t11-,12?,14?,15?/m0/s1. The predicted molar refractivity (Wildman–Crippen MR) is 78.1 cm³/mol. The summed E-state index contributed by atoms with van der Waals surface area (Å²) in [6.45, 7) is 2.55. The minimum absolute atomic E-state index is 0.483. The van der Waals surface area contributed by atoms with E-state index >= 15 is 0 Å². The van der Waals surface area contributed by atoms with E-state index in [4.69, 9.17) is 9.47 Å². The molecule has 2 fully saturated rings. The Bertz CT molecular complexity index is 469. The number of aliphatic hydroxyl groups excluding tert-OH is 1. The first-order valence-electron chi connectivity index (χ1n) is 7.66. The lowest BCUT2D eigenvalue weighted by Gasteiger charge is -2.22. The summed E-state index contributed by atoms with van der Waals surface area (Å²) in [6, 6.07) is 5.68. The van der Waals surface area contributed by atoms with Gasteiger partial charge in [0, 0.05) is 0 Å². The third-order valence-electron chi connectivity index (χ3n) is 5.01. The van der Waals surface area contributed by atoms with Crippen LogP contribution in [-0.2, 0) is 0 Å². The Labute approximate surface area is 120 Å². The lowest BCUT2D eigenvalue weighted by atomic mass is 9.89. The number of ether oxygens (including phenoxy) is 2. The van der Waals surface area contributed by atoms with Gasteiger partial charge in [-0.25, -0.2) is 0 Å². The van der Waals surface area contributed by atoms with Gasteiger partial charge in [0.1, 0.15) is 0 Å². The van der Waals surface area contributed by atoms with Gasteiger partial charge in [-0.15, -0.1) is 0 Å². The van der Waals surface area contributed by atoms with E-state index in [2.05, 4.69) is 0 Å². The molecule has 0 aromatic heterocycles. The zero-order valence-corrected chi connectivity index (χ0v) is 12.3. The van der Waals surface area contributed by atoms with Crippen molar-refractivity contribution in [2.45, 2.75) is 38.7 Å². The quantitative estimate of drug-likeness (QED) is 0.893. The Hall–Kier alpha value is -1.22. The second-order valence-electron chi connectivity index (χ2n) is 6.33. The van der Waals surface area contributed by atoms with Crippen LogP contribution in [-0.4, -0.2) is 18.8 Å². The van der Waals surface area contributed by atoms with Crippen LogP contribution in [0.15, 0.2) is 18.2 Å². The largest absolute Gasteiger partial charge is 0.493 e. The van der Waals surface area contributed by atoms with E-state index in [1.54, 1.807) is 14.0 Å². The monoisotopic (exact) mass is 276 g/mol. The summed E-state index contributed by atoms with van der Waals surface area (Å²) in [4.78, 5) is 0. The van der Waals surface area contributed by atoms with Gasteiger partial charge in [-0.3, -0.25) is 0 Å². The summed E-state index contributed by atoms with van der Waals surface area (Å²) in [6.07, 6.45) is 5.07. The highest BCUT2D eigenvalue weighted by atomic mass is 16.5. The number of hydrogen-bond acceptors (Lipinski definition) is 3. The van der Waals surface area contributed by atoms with Crippen molar-refractivity contribution in [2.75, 3.05) is 13.7 Å². The fourth-order valence-corrected chi connectivity index (χ4v) is 3.84. The molecule has 1 N–H and O–H groups in total. The molecule has 3 rings (SSSR count). The molecule has 2 bridgehead atoms. The van der Waals surface area contributed by atoms with Crippen molar-refractivity contribution in [3.05, 3.63) is 23.8 Å². The minimum atomic E-state index is -0.483. The zero-order chi connectivity index (χ0) is 14.1. The van der Waals surface area contributed by atoms with E-state index in [-0.39, 0.29) is 0 Å². The van der Waals surface area contributed by atoms with E-state index in [1.165, 1.54) is 25.7 Å². The molecule has 4 atom stereocenters.